The van der Waals surface area contributed by atoms with Gasteiger partial charge < -0.3 is 4.90 Å². The van der Waals surface area contributed by atoms with E-state index in [1.54, 1.807) is 0 Å². The van der Waals surface area contributed by atoms with Crippen molar-refractivity contribution in [3.05, 3.63) is 264 Å². The minimum Gasteiger partial charge on any atom is -0.334 e. The van der Waals surface area contributed by atoms with Crippen LogP contribution in [0, 0.1) is 0 Å². The lowest BCUT2D eigenvalue weighted by Gasteiger charge is -2.34. The zero-order valence-corrected chi connectivity index (χ0v) is 35.4. The molecule has 1 unspecified atom stereocenters. The molecule has 3 nitrogen and oxygen atoms in total. The van der Waals surface area contributed by atoms with Gasteiger partial charge in [-0.3, -0.25) is 0 Å². The SMILES string of the molecule is C=C(/N=C(\N=C(/C)c1ccccc1)c1cccc2c1C1=C(C2)CC(N(c2ccc(-c3ccccc3)cc2)c2ccc(-c3ccccc3)cc2)C=C1)c1cccc(-c2ccccc2)c1. The van der Waals surface area contributed by atoms with E-state index in [9.17, 15) is 0 Å². The molecule has 0 spiro atoms. The second-order valence-electron chi connectivity index (χ2n) is 16.3. The third kappa shape index (κ3) is 8.30. The molecule has 0 bridgehead atoms. The summed E-state index contributed by atoms with van der Waals surface area (Å²) in [6.45, 7) is 6.59. The Morgan fingerprint density at radius 3 is 1.59 bits per heavy atom. The maximum atomic E-state index is 5.31. The van der Waals surface area contributed by atoms with Gasteiger partial charge in [-0.05, 0) is 106 Å². The molecule has 3 heteroatoms. The molecule has 0 heterocycles. The van der Waals surface area contributed by atoms with E-state index in [0.29, 0.717) is 11.5 Å². The number of anilines is 2. The van der Waals surface area contributed by atoms with Crippen molar-refractivity contribution < 1.29 is 0 Å². The third-order valence-electron chi connectivity index (χ3n) is 12.2. The highest BCUT2D eigenvalue weighted by molar-refractivity contribution is 6.15. The van der Waals surface area contributed by atoms with E-state index in [-0.39, 0.29) is 6.04 Å². The Bertz CT molecular complexity index is 2950. The fourth-order valence-corrected chi connectivity index (χ4v) is 9.01. The van der Waals surface area contributed by atoms with E-state index in [4.69, 9.17) is 9.98 Å². The van der Waals surface area contributed by atoms with Gasteiger partial charge in [0, 0.05) is 28.2 Å². The number of allylic oxidation sites excluding steroid dienone is 2. The minimum absolute atomic E-state index is 0.106. The molecule has 302 valence electrons. The zero-order chi connectivity index (χ0) is 42.5. The van der Waals surface area contributed by atoms with Gasteiger partial charge in [0.05, 0.1) is 11.7 Å². The maximum Gasteiger partial charge on any atom is 0.160 e. The summed E-state index contributed by atoms with van der Waals surface area (Å²) in [4.78, 5) is 13.1. The van der Waals surface area contributed by atoms with Crippen LogP contribution in [0.2, 0.25) is 0 Å². The quantitative estimate of drug-likeness (QED) is 0.0999. The molecule has 63 heavy (non-hydrogen) atoms. The molecule has 0 aromatic heterocycles. The molecule has 0 amide bonds. The van der Waals surface area contributed by atoms with Crippen molar-refractivity contribution in [2.75, 3.05) is 4.90 Å². The highest BCUT2D eigenvalue weighted by Crippen LogP contribution is 2.44. The number of amidine groups is 1. The first-order valence-electron chi connectivity index (χ1n) is 21.7. The van der Waals surface area contributed by atoms with Crippen LogP contribution >= 0.6 is 0 Å². The van der Waals surface area contributed by atoms with E-state index in [2.05, 4.69) is 231 Å². The monoisotopic (exact) mass is 809 g/mol. The third-order valence-corrected chi connectivity index (χ3v) is 12.2. The van der Waals surface area contributed by atoms with Crippen molar-refractivity contribution in [2.45, 2.75) is 25.8 Å². The Balaban J connectivity index is 1.02. The van der Waals surface area contributed by atoms with Crippen LogP contribution in [0.5, 0.6) is 0 Å². The van der Waals surface area contributed by atoms with Gasteiger partial charge in [-0.2, -0.15) is 0 Å². The van der Waals surface area contributed by atoms with Crippen molar-refractivity contribution in [3.8, 4) is 33.4 Å². The Morgan fingerprint density at radius 1 is 0.508 bits per heavy atom. The molecule has 1 atom stereocenters. The van der Waals surface area contributed by atoms with Gasteiger partial charge in [-0.15, -0.1) is 0 Å². The first-order valence-corrected chi connectivity index (χ1v) is 21.7. The Morgan fingerprint density at radius 2 is 1.00 bits per heavy atom. The van der Waals surface area contributed by atoms with Crippen LogP contribution < -0.4 is 4.90 Å². The molecule has 2 aliphatic carbocycles. The summed E-state index contributed by atoms with van der Waals surface area (Å²) in [6, 6.07) is 75.2. The van der Waals surface area contributed by atoms with Gasteiger partial charge in [0.25, 0.3) is 0 Å². The van der Waals surface area contributed by atoms with Crippen molar-refractivity contribution in [2.24, 2.45) is 9.98 Å². The molecule has 0 saturated heterocycles. The highest BCUT2D eigenvalue weighted by atomic mass is 15.2. The van der Waals surface area contributed by atoms with Crippen LogP contribution in [0.3, 0.4) is 0 Å². The van der Waals surface area contributed by atoms with Crippen LogP contribution in [-0.2, 0) is 6.42 Å². The standard InChI is InChI=1S/C60H47N3/c1-42(44-17-7-3-8-18-44)61-60(62-43(2)50-25-15-26-51(39-50)47-23-13-6-14-24-47)58-28-16-27-52-40-53-41-56(37-38-57(53)59(52)58)63(54-33-29-48(30-34-54)45-19-9-4-10-20-45)55-35-31-49(32-36-55)46-21-11-5-12-22-46/h3-39,56H,2,40-41H2,1H3/b61-42+,62-60-. The summed E-state index contributed by atoms with van der Waals surface area (Å²) in [7, 11) is 0. The van der Waals surface area contributed by atoms with Crippen LogP contribution in [-0.4, -0.2) is 17.6 Å². The van der Waals surface area contributed by atoms with E-state index < -0.39 is 0 Å². The molecule has 2 aliphatic rings. The smallest absolute Gasteiger partial charge is 0.160 e. The van der Waals surface area contributed by atoms with Crippen molar-refractivity contribution >= 4 is 34.2 Å². The highest BCUT2D eigenvalue weighted by Gasteiger charge is 2.31. The van der Waals surface area contributed by atoms with E-state index in [0.717, 1.165) is 57.7 Å². The van der Waals surface area contributed by atoms with Crippen LogP contribution in [0.1, 0.15) is 41.2 Å². The number of nitrogens with zero attached hydrogens (tertiary/aromatic N) is 3. The lowest BCUT2D eigenvalue weighted by atomic mass is 9.91. The van der Waals surface area contributed by atoms with E-state index in [1.807, 2.05) is 12.1 Å². The van der Waals surface area contributed by atoms with Crippen molar-refractivity contribution in [3.63, 3.8) is 0 Å². The molecular formula is C60H47N3. The molecule has 0 fully saturated rings. The van der Waals surface area contributed by atoms with Crippen LogP contribution in [0.4, 0.5) is 11.4 Å². The Kier molecular flexibility index (Phi) is 11.0. The zero-order valence-electron chi connectivity index (χ0n) is 35.4. The summed E-state index contributed by atoms with van der Waals surface area (Å²) in [5.74, 6) is 0.659. The molecular weight excluding hydrogens is 763 g/mol. The Hall–Kier alpha value is -7.88. The molecule has 0 aliphatic heterocycles. The summed E-state index contributed by atoms with van der Waals surface area (Å²) < 4.78 is 0. The fraction of sp³-hybridized carbons (Fsp3) is 0.0667. The number of benzene rings is 8. The van der Waals surface area contributed by atoms with Gasteiger partial charge >= 0.3 is 0 Å². The molecule has 10 rings (SSSR count). The second kappa shape index (κ2) is 17.6. The predicted octanol–water partition coefficient (Wildman–Crippen LogP) is 15.1. The number of hydrogen-bond acceptors (Lipinski definition) is 2. The van der Waals surface area contributed by atoms with Crippen LogP contribution in [0.15, 0.2) is 247 Å². The summed E-state index contributed by atoms with van der Waals surface area (Å²) in [5, 5.41) is 0. The average Bonchev–Trinajstić information content (AvgIpc) is 3.74. The van der Waals surface area contributed by atoms with E-state index in [1.165, 1.54) is 44.5 Å². The predicted molar refractivity (Wildman–Crippen MR) is 267 cm³/mol. The second-order valence-corrected chi connectivity index (χ2v) is 16.3. The Labute approximate surface area is 371 Å². The lowest BCUT2D eigenvalue weighted by Crippen LogP contribution is -2.31. The van der Waals surface area contributed by atoms with Gasteiger partial charge in [0.1, 0.15) is 0 Å². The van der Waals surface area contributed by atoms with Gasteiger partial charge in [-0.1, -0.05) is 206 Å². The average molecular weight is 810 g/mol. The van der Waals surface area contributed by atoms with Gasteiger partial charge in [0.15, 0.2) is 5.84 Å². The fourth-order valence-electron chi connectivity index (χ4n) is 9.01. The van der Waals surface area contributed by atoms with Crippen molar-refractivity contribution in [1.82, 2.24) is 0 Å². The van der Waals surface area contributed by atoms with E-state index >= 15 is 0 Å². The molecule has 8 aromatic rings. The number of aliphatic imine (C=N–C) groups is 2. The summed E-state index contributed by atoms with van der Waals surface area (Å²) in [5.41, 5.74) is 19.2. The largest absolute Gasteiger partial charge is 0.334 e. The first-order chi connectivity index (χ1) is 31.1. The maximum absolute atomic E-state index is 5.31. The summed E-state index contributed by atoms with van der Waals surface area (Å²) >= 11 is 0. The van der Waals surface area contributed by atoms with Crippen molar-refractivity contribution in [1.29, 1.82) is 0 Å². The normalized spacial score (nSPS) is 14.6. The first kappa shape index (κ1) is 39.3. The molecule has 0 radical (unpaired) electrons. The molecule has 0 saturated carbocycles. The summed E-state index contributed by atoms with van der Waals surface area (Å²) in [6.07, 6.45) is 6.51. The molecule has 0 N–H and O–H groups in total. The molecule has 8 aromatic carbocycles. The number of hydrogen-bond donors (Lipinski definition) is 0. The van der Waals surface area contributed by atoms with Gasteiger partial charge in [0.2, 0.25) is 0 Å². The number of fused-ring (bicyclic) bond motifs is 2. The van der Waals surface area contributed by atoms with Crippen LogP contribution in [0.25, 0.3) is 44.7 Å². The van der Waals surface area contributed by atoms with Gasteiger partial charge in [-0.25, -0.2) is 9.98 Å². The lowest BCUT2D eigenvalue weighted by molar-refractivity contribution is 0.751. The topological polar surface area (TPSA) is 28.0 Å². The minimum atomic E-state index is 0.106. The number of rotatable bonds is 10.